The minimum atomic E-state index is -3.95. The third-order valence-corrected chi connectivity index (χ3v) is 7.79. The van der Waals surface area contributed by atoms with Crippen molar-refractivity contribution in [3.05, 3.63) is 90.3 Å². The van der Waals surface area contributed by atoms with E-state index in [-0.39, 0.29) is 22.8 Å². The van der Waals surface area contributed by atoms with Gasteiger partial charge in [-0.25, -0.2) is 32.9 Å². The molecule has 0 radical (unpaired) electrons. The Kier molecular flexibility index (Phi) is 8.34. The fraction of sp³-hybridized carbons (Fsp3) is 0.167. The summed E-state index contributed by atoms with van der Waals surface area (Å²) < 4.78 is 38.4. The van der Waals surface area contributed by atoms with Crippen molar-refractivity contribution in [1.29, 1.82) is 0 Å². The molecule has 0 aliphatic rings. The van der Waals surface area contributed by atoms with Crippen LogP contribution in [0.1, 0.15) is 29.4 Å². The average Bonchev–Trinajstić information content (AvgIpc) is 3.43. The molecule has 43 heavy (non-hydrogen) atoms. The summed E-state index contributed by atoms with van der Waals surface area (Å²) in [6, 6.07) is 19.5. The second-order valence-electron chi connectivity index (χ2n) is 9.49. The number of benzene rings is 3. The number of carbonyl (C=O) groups excluding carboxylic acids is 2. The SMILES string of the molecule is CCC(OC(=O)c1ccc2nc(-c3ccc(OC)cc3)[nH]c2c1)C(=O)Nc1ccc(S(=O)(=O)Nc2nccc(C)n2)cc1. The Hall–Kier alpha value is -5.30. The maximum Gasteiger partial charge on any atom is 0.338 e. The molecule has 220 valence electrons. The molecule has 5 aromatic rings. The highest BCUT2D eigenvalue weighted by Gasteiger charge is 2.23. The molecule has 1 atom stereocenters. The summed E-state index contributed by atoms with van der Waals surface area (Å²) in [6.07, 6.45) is 0.590. The van der Waals surface area contributed by atoms with Crippen molar-refractivity contribution in [2.24, 2.45) is 0 Å². The number of ether oxygens (including phenoxy) is 2. The number of H-pyrrole nitrogens is 1. The maximum atomic E-state index is 13.0. The summed E-state index contributed by atoms with van der Waals surface area (Å²) in [5, 5.41) is 2.66. The van der Waals surface area contributed by atoms with Crippen LogP contribution < -0.4 is 14.8 Å². The molecule has 13 heteroatoms. The first-order chi connectivity index (χ1) is 20.6. The first-order valence-corrected chi connectivity index (χ1v) is 14.7. The van der Waals surface area contributed by atoms with Gasteiger partial charge in [-0.05, 0) is 86.1 Å². The smallest absolute Gasteiger partial charge is 0.338 e. The van der Waals surface area contributed by atoms with E-state index in [1.807, 2.05) is 24.3 Å². The lowest BCUT2D eigenvalue weighted by Gasteiger charge is -2.16. The molecule has 2 aromatic heterocycles. The third-order valence-electron chi connectivity index (χ3n) is 6.45. The Bertz CT molecular complexity index is 1890. The molecule has 3 N–H and O–H groups in total. The Morgan fingerprint density at radius 3 is 2.40 bits per heavy atom. The lowest BCUT2D eigenvalue weighted by molar-refractivity contribution is -0.124. The molecule has 2 heterocycles. The molecule has 1 amide bonds. The van der Waals surface area contributed by atoms with Gasteiger partial charge in [0.15, 0.2) is 6.10 Å². The van der Waals surface area contributed by atoms with E-state index >= 15 is 0 Å². The van der Waals surface area contributed by atoms with Crippen LogP contribution in [0.2, 0.25) is 0 Å². The summed E-state index contributed by atoms with van der Waals surface area (Å²) in [5.41, 5.74) is 3.35. The minimum absolute atomic E-state index is 0.0431. The van der Waals surface area contributed by atoms with Crippen LogP contribution in [0.5, 0.6) is 5.75 Å². The second-order valence-corrected chi connectivity index (χ2v) is 11.2. The Morgan fingerprint density at radius 1 is 0.977 bits per heavy atom. The first-order valence-electron chi connectivity index (χ1n) is 13.2. The van der Waals surface area contributed by atoms with Gasteiger partial charge >= 0.3 is 5.97 Å². The number of anilines is 2. The van der Waals surface area contributed by atoms with Crippen LogP contribution in [-0.2, 0) is 19.6 Å². The summed E-state index contributed by atoms with van der Waals surface area (Å²) >= 11 is 0. The Morgan fingerprint density at radius 2 is 1.72 bits per heavy atom. The predicted molar refractivity (Wildman–Crippen MR) is 160 cm³/mol. The van der Waals surface area contributed by atoms with Gasteiger partial charge in [0, 0.05) is 23.1 Å². The number of aromatic nitrogens is 4. The van der Waals surface area contributed by atoms with Gasteiger partial charge < -0.3 is 19.8 Å². The van der Waals surface area contributed by atoms with Crippen molar-refractivity contribution in [2.75, 3.05) is 17.1 Å². The van der Waals surface area contributed by atoms with E-state index in [1.165, 1.54) is 30.5 Å². The molecule has 0 fully saturated rings. The minimum Gasteiger partial charge on any atom is -0.497 e. The molecule has 0 bridgehead atoms. The first kappa shape index (κ1) is 29.2. The fourth-order valence-electron chi connectivity index (χ4n) is 4.16. The van der Waals surface area contributed by atoms with Crippen molar-refractivity contribution in [3.8, 4) is 17.1 Å². The number of methoxy groups -OCH3 is 1. The molecule has 12 nitrogen and oxygen atoms in total. The number of sulfonamides is 1. The van der Waals surface area contributed by atoms with E-state index in [0.29, 0.717) is 28.2 Å². The quantitative estimate of drug-likeness (QED) is 0.192. The van der Waals surface area contributed by atoms with Gasteiger partial charge in [-0.3, -0.25) is 4.79 Å². The van der Waals surface area contributed by atoms with Gasteiger partial charge in [-0.15, -0.1) is 0 Å². The number of nitrogens with zero attached hydrogens (tertiary/aromatic N) is 3. The summed E-state index contributed by atoms with van der Waals surface area (Å²) in [6.45, 7) is 3.43. The van der Waals surface area contributed by atoms with Crippen LogP contribution >= 0.6 is 0 Å². The zero-order chi connectivity index (χ0) is 30.6. The lowest BCUT2D eigenvalue weighted by atomic mass is 10.2. The molecule has 0 saturated carbocycles. The summed E-state index contributed by atoms with van der Waals surface area (Å²) in [5.74, 6) is 0.0880. The van der Waals surface area contributed by atoms with Crippen LogP contribution in [-0.4, -0.2) is 53.4 Å². The van der Waals surface area contributed by atoms with Crippen molar-refractivity contribution in [2.45, 2.75) is 31.3 Å². The van der Waals surface area contributed by atoms with E-state index in [4.69, 9.17) is 9.47 Å². The number of aromatic amines is 1. The normalized spacial score (nSPS) is 12.0. The number of nitrogens with one attached hydrogen (secondary N) is 3. The zero-order valence-corrected chi connectivity index (χ0v) is 24.3. The standard InChI is InChI=1S/C30H28N6O6S/c1-4-26(28(37)33-21-8-12-23(13-9-21)43(39,40)36-30-31-16-15-18(2)32-30)42-29(38)20-7-14-24-25(17-20)35-27(34-24)19-5-10-22(41-3)11-6-19/h5-17,26H,4H2,1-3H3,(H,33,37)(H,34,35)(H,31,32,36). The monoisotopic (exact) mass is 600 g/mol. The number of fused-ring (bicyclic) bond motifs is 1. The third kappa shape index (κ3) is 6.79. The molecule has 0 aliphatic carbocycles. The fourth-order valence-corrected chi connectivity index (χ4v) is 5.11. The van der Waals surface area contributed by atoms with Crippen LogP contribution in [0.15, 0.2) is 83.9 Å². The lowest BCUT2D eigenvalue weighted by Crippen LogP contribution is -2.32. The largest absolute Gasteiger partial charge is 0.497 e. The highest BCUT2D eigenvalue weighted by atomic mass is 32.2. The van der Waals surface area contributed by atoms with E-state index < -0.39 is 28.0 Å². The van der Waals surface area contributed by atoms with E-state index in [1.54, 1.807) is 45.2 Å². The topological polar surface area (TPSA) is 165 Å². The number of rotatable bonds is 10. The number of aryl methyl sites for hydroxylation is 1. The van der Waals surface area contributed by atoms with E-state index in [9.17, 15) is 18.0 Å². The van der Waals surface area contributed by atoms with Crippen molar-refractivity contribution < 1.29 is 27.5 Å². The van der Waals surface area contributed by atoms with E-state index in [2.05, 4.69) is 30.0 Å². The molecular weight excluding hydrogens is 572 g/mol. The van der Waals surface area contributed by atoms with Crippen LogP contribution in [0, 0.1) is 6.92 Å². The van der Waals surface area contributed by atoms with Crippen LogP contribution in [0.3, 0.4) is 0 Å². The number of imidazole rings is 1. The molecular formula is C30H28N6O6S. The van der Waals surface area contributed by atoms with Crippen molar-refractivity contribution in [1.82, 2.24) is 19.9 Å². The number of esters is 1. The number of amides is 1. The predicted octanol–water partition coefficient (Wildman–Crippen LogP) is 4.71. The van der Waals surface area contributed by atoms with Crippen molar-refractivity contribution in [3.63, 3.8) is 0 Å². The van der Waals surface area contributed by atoms with Gasteiger partial charge in [-0.2, -0.15) is 0 Å². The number of hydrogen-bond donors (Lipinski definition) is 3. The second kappa shape index (κ2) is 12.3. The van der Waals surface area contributed by atoms with E-state index in [0.717, 1.165) is 11.3 Å². The van der Waals surface area contributed by atoms with Gasteiger partial charge in [0.05, 0.1) is 28.6 Å². The molecule has 3 aromatic carbocycles. The van der Waals surface area contributed by atoms with Gasteiger partial charge in [0.2, 0.25) is 5.95 Å². The summed E-state index contributed by atoms with van der Waals surface area (Å²) in [7, 11) is -2.35. The Labute approximate surface area is 247 Å². The maximum absolute atomic E-state index is 13.0. The molecule has 0 aliphatic heterocycles. The van der Waals surface area contributed by atoms with Crippen molar-refractivity contribution >= 4 is 44.6 Å². The van der Waals surface area contributed by atoms with Gasteiger partial charge in [-0.1, -0.05) is 6.92 Å². The highest BCUT2D eigenvalue weighted by molar-refractivity contribution is 7.92. The molecule has 0 saturated heterocycles. The number of carbonyl (C=O) groups is 2. The molecule has 5 rings (SSSR count). The number of hydrogen-bond acceptors (Lipinski definition) is 9. The van der Waals surface area contributed by atoms with Gasteiger partial charge in [0.1, 0.15) is 11.6 Å². The van der Waals surface area contributed by atoms with Crippen LogP contribution in [0.4, 0.5) is 11.6 Å². The molecule has 1 unspecified atom stereocenters. The Balaban J connectivity index is 1.23. The summed E-state index contributed by atoms with van der Waals surface area (Å²) in [4.78, 5) is 41.6. The molecule has 0 spiro atoms. The average molecular weight is 601 g/mol. The highest BCUT2D eigenvalue weighted by Crippen LogP contribution is 2.24. The van der Waals surface area contributed by atoms with Gasteiger partial charge in [0.25, 0.3) is 15.9 Å². The zero-order valence-electron chi connectivity index (χ0n) is 23.5. The van der Waals surface area contributed by atoms with Crippen LogP contribution in [0.25, 0.3) is 22.4 Å².